The van der Waals surface area contributed by atoms with Crippen molar-refractivity contribution < 1.29 is 4.92 Å². The lowest BCUT2D eigenvalue weighted by molar-refractivity contribution is -0.386. The van der Waals surface area contributed by atoms with E-state index in [1.165, 1.54) is 0 Å². The highest BCUT2D eigenvalue weighted by Crippen LogP contribution is 2.22. The first-order chi connectivity index (χ1) is 6.16. The normalized spacial score (nSPS) is 10.0. The number of benzene rings is 1. The van der Waals surface area contributed by atoms with Crippen LogP contribution in [0.3, 0.4) is 0 Å². The van der Waals surface area contributed by atoms with Crippen LogP contribution < -0.4 is 11.3 Å². The third-order valence-corrected chi connectivity index (χ3v) is 1.80. The number of para-hydroxylation sites is 1. The average Bonchev–Trinajstić information content (AvgIpc) is 2.04. The Morgan fingerprint density at radius 3 is 2.85 bits per heavy atom. The maximum Gasteiger partial charge on any atom is 0.276 e. The molecule has 0 unspecified atom stereocenters. The Morgan fingerprint density at radius 1 is 1.62 bits per heavy atom. The third-order valence-electron chi connectivity index (χ3n) is 1.80. The molecular formula is C8H11N3O2. The van der Waals surface area contributed by atoms with E-state index < -0.39 is 0 Å². The van der Waals surface area contributed by atoms with Gasteiger partial charge in [-0.25, -0.2) is 0 Å². The summed E-state index contributed by atoms with van der Waals surface area (Å²) in [4.78, 5) is 10.3. The summed E-state index contributed by atoms with van der Waals surface area (Å²) in [6.07, 6.45) is 0. The molecule has 1 aromatic carbocycles. The van der Waals surface area contributed by atoms with Crippen LogP contribution >= 0.6 is 0 Å². The third kappa shape index (κ3) is 2.01. The summed E-state index contributed by atoms with van der Waals surface area (Å²) in [5, 5.41) is 10.7. The van der Waals surface area contributed by atoms with E-state index in [0.29, 0.717) is 17.7 Å². The SMILES string of the molecule is Cc1cccc(CNN)c1[N+](=O)[O-]. The van der Waals surface area contributed by atoms with Crippen LogP contribution in [0.4, 0.5) is 5.69 Å². The predicted molar refractivity (Wildman–Crippen MR) is 48.9 cm³/mol. The van der Waals surface area contributed by atoms with Crippen LogP contribution in [-0.2, 0) is 6.54 Å². The van der Waals surface area contributed by atoms with Gasteiger partial charge in [-0.05, 0) is 6.92 Å². The van der Waals surface area contributed by atoms with E-state index in [4.69, 9.17) is 5.84 Å². The molecule has 0 saturated carbocycles. The summed E-state index contributed by atoms with van der Waals surface area (Å²) in [5.41, 5.74) is 3.80. The lowest BCUT2D eigenvalue weighted by Crippen LogP contribution is -2.21. The van der Waals surface area contributed by atoms with E-state index in [0.717, 1.165) is 0 Å². The van der Waals surface area contributed by atoms with E-state index in [2.05, 4.69) is 5.43 Å². The molecule has 0 aromatic heterocycles. The van der Waals surface area contributed by atoms with Crippen molar-refractivity contribution in [2.24, 2.45) is 5.84 Å². The fraction of sp³-hybridized carbons (Fsp3) is 0.250. The Kier molecular flexibility index (Phi) is 2.94. The molecule has 70 valence electrons. The topological polar surface area (TPSA) is 81.2 Å². The van der Waals surface area contributed by atoms with Gasteiger partial charge in [0.25, 0.3) is 5.69 Å². The first kappa shape index (κ1) is 9.63. The van der Waals surface area contributed by atoms with E-state index in [-0.39, 0.29) is 10.6 Å². The summed E-state index contributed by atoms with van der Waals surface area (Å²) in [6.45, 7) is 2.01. The maximum atomic E-state index is 10.7. The van der Waals surface area contributed by atoms with Crippen molar-refractivity contribution in [1.29, 1.82) is 0 Å². The second-order valence-corrected chi connectivity index (χ2v) is 2.72. The standard InChI is InChI=1S/C8H11N3O2/c1-6-3-2-4-7(5-10-9)8(6)11(12)13/h2-4,10H,5,9H2,1H3. The highest BCUT2D eigenvalue weighted by Gasteiger charge is 2.15. The number of hydrazine groups is 1. The summed E-state index contributed by atoms with van der Waals surface area (Å²) in [6, 6.07) is 5.16. The molecule has 0 aliphatic rings. The molecule has 0 spiro atoms. The molecule has 0 aliphatic heterocycles. The van der Waals surface area contributed by atoms with Gasteiger partial charge in [-0.15, -0.1) is 0 Å². The van der Waals surface area contributed by atoms with Crippen LogP contribution in [0.15, 0.2) is 18.2 Å². The van der Waals surface area contributed by atoms with Crippen molar-refractivity contribution in [2.45, 2.75) is 13.5 Å². The zero-order valence-corrected chi connectivity index (χ0v) is 7.28. The number of hydrogen-bond donors (Lipinski definition) is 2. The van der Waals surface area contributed by atoms with Crippen molar-refractivity contribution in [1.82, 2.24) is 5.43 Å². The maximum absolute atomic E-state index is 10.7. The molecular weight excluding hydrogens is 170 g/mol. The number of nitro groups is 1. The molecule has 5 nitrogen and oxygen atoms in total. The van der Waals surface area contributed by atoms with Crippen LogP contribution in [0.25, 0.3) is 0 Å². The fourth-order valence-electron chi connectivity index (χ4n) is 1.23. The first-order valence-electron chi connectivity index (χ1n) is 3.83. The molecule has 0 radical (unpaired) electrons. The van der Waals surface area contributed by atoms with Gasteiger partial charge in [0.05, 0.1) is 4.92 Å². The van der Waals surface area contributed by atoms with Crippen LogP contribution in [0, 0.1) is 17.0 Å². The zero-order chi connectivity index (χ0) is 9.84. The molecule has 5 heteroatoms. The lowest BCUT2D eigenvalue weighted by atomic mass is 10.1. The lowest BCUT2D eigenvalue weighted by Gasteiger charge is -2.03. The van der Waals surface area contributed by atoms with Gasteiger partial charge in [0, 0.05) is 17.7 Å². The average molecular weight is 181 g/mol. The minimum absolute atomic E-state index is 0.139. The number of hydrogen-bond acceptors (Lipinski definition) is 4. The summed E-state index contributed by atoms with van der Waals surface area (Å²) >= 11 is 0. The van der Waals surface area contributed by atoms with Gasteiger partial charge in [-0.1, -0.05) is 18.2 Å². The van der Waals surface area contributed by atoms with Crippen molar-refractivity contribution in [3.05, 3.63) is 39.4 Å². The van der Waals surface area contributed by atoms with Gasteiger partial charge in [-0.3, -0.25) is 21.4 Å². The number of aryl methyl sites for hydroxylation is 1. The van der Waals surface area contributed by atoms with E-state index >= 15 is 0 Å². The molecule has 0 atom stereocenters. The number of nitrogens with zero attached hydrogens (tertiary/aromatic N) is 1. The quantitative estimate of drug-likeness (QED) is 0.412. The van der Waals surface area contributed by atoms with Crippen LogP contribution in [0.1, 0.15) is 11.1 Å². The Labute approximate surface area is 75.7 Å². The summed E-state index contributed by atoms with van der Waals surface area (Å²) < 4.78 is 0. The van der Waals surface area contributed by atoms with Gasteiger partial charge in [0.15, 0.2) is 0 Å². The minimum atomic E-state index is -0.387. The monoisotopic (exact) mass is 181 g/mol. The van der Waals surface area contributed by atoms with Crippen molar-refractivity contribution in [3.63, 3.8) is 0 Å². The highest BCUT2D eigenvalue weighted by molar-refractivity contribution is 5.46. The van der Waals surface area contributed by atoms with Crippen LogP contribution in [-0.4, -0.2) is 4.92 Å². The van der Waals surface area contributed by atoms with E-state index in [1.807, 2.05) is 0 Å². The Hall–Kier alpha value is -1.46. The molecule has 0 fully saturated rings. The predicted octanol–water partition coefficient (Wildman–Crippen LogP) is 0.867. The van der Waals surface area contributed by atoms with Crippen molar-refractivity contribution in [2.75, 3.05) is 0 Å². The number of rotatable bonds is 3. The van der Waals surface area contributed by atoms with Crippen LogP contribution in [0.2, 0.25) is 0 Å². The molecule has 13 heavy (non-hydrogen) atoms. The Balaban J connectivity index is 3.17. The van der Waals surface area contributed by atoms with Gasteiger partial charge < -0.3 is 0 Å². The zero-order valence-electron chi connectivity index (χ0n) is 7.28. The number of nitro benzene ring substituents is 1. The van der Waals surface area contributed by atoms with Crippen LogP contribution in [0.5, 0.6) is 0 Å². The fourth-order valence-corrected chi connectivity index (χ4v) is 1.23. The molecule has 0 amide bonds. The molecule has 0 aliphatic carbocycles. The Bertz CT molecular complexity index is 325. The summed E-state index contributed by atoms with van der Waals surface area (Å²) in [7, 11) is 0. The van der Waals surface area contributed by atoms with Crippen molar-refractivity contribution >= 4 is 5.69 Å². The first-order valence-corrected chi connectivity index (χ1v) is 3.83. The summed E-state index contributed by atoms with van der Waals surface area (Å²) in [5.74, 6) is 5.11. The van der Waals surface area contributed by atoms with Gasteiger partial charge >= 0.3 is 0 Å². The molecule has 0 saturated heterocycles. The van der Waals surface area contributed by atoms with E-state index in [9.17, 15) is 10.1 Å². The Morgan fingerprint density at radius 2 is 2.31 bits per heavy atom. The van der Waals surface area contributed by atoms with Crippen molar-refractivity contribution in [3.8, 4) is 0 Å². The van der Waals surface area contributed by atoms with Gasteiger partial charge in [0.1, 0.15) is 0 Å². The molecule has 0 bridgehead atoms. The largest absolute Gasteiger partial charge is 0.276 e. The molecule has 1 rings (SSSR count). The number of nitrogens with one attached hydrogen (secondary N) is 1. The molecule has 0 heterocycles. The molecule has 3 N–H and O–H groups in total. The smallest absolute Gasteiger partial charge is 0.271 e. The van der Waals surface area contributed by atoms with E-state index in [1.54, 1.807) is 25.1 Å². The highest BCUT2D eigenvalue weighted by atomic mass is 16.6. The number of nitrogens with two attached hydrogens (primary N) is 1. The van der Waals surface area contributed by atoms with Gasteiger partial charge in [0.2, 0.25) is 0 Å². The second-order valence-electron chi connectivity index (χ2n) is 2.72. The van der Waals surface area contributed by atoms with Gasteiger partial charge in [-0.2, -0.15) is 0 Å². The second kappa shape index (κ2) is 3.97. The minimum Gasteiger partial charge on any atom is -0.271 e. The molecule has 1 aromatic rings.